The molecule has 1 fully saturated rings. The number of rotatable bonds is 2. The van der Waals surface area contributed by atoms with Crippen molar-refractivity contribution in [1.82, 2.24) is 9.88 Å². The van der Waals surface area contributed by atoms with Crippen LogP contribution in [0.1, 0.15) is 17.5 Å². The molecule has 1 aliphatic carbocycles. The molecule has 7 nitrogen and oxygen atoms in total. The highest BCUT2D eigenvalue weighted by Gasteiger charge is 2.24. The van der Waals surface area contributed by atoms with Gasteiger partial charge in [0, 0.05) is 37.4 Å². The van der Waals surface area contributed by atoms with Gasteiger partial charge in [-0.25, -0.2) is 9.78 Å². The maximum absolute atomic E-state index is 13.3. The first-order valence-corrected chi connectivity index (χ1v) is 11.1. The zero-order chi connectivity index (χ0) is 23.1. The lowest BCUT2D eigenvalue weighted by molar-refractivity contribution is 0.148. The molecule has 5 rings (SSSR count). The molecule has 2 aromatic rings. The molecule has 168 valence electrons. The minimum absolute atomic E-state index is 0.0551. The third-order valence-electron chi connectivity index (χ3n) is 6.52. The number of para-hydroxylation sites is 2. The summed E-state index contributed by atoms with van der Waals surface area (Å²) in [5.74, 6) is 0.501. The Morgan fingerprint density at radius 2 is 1.73 bits per heavy atom. The van der Waals surface area contributed by atoms with Crippen LogP contribution in [0.4, 0.5) is 10.5 Å². The monoisotopic (exact) mass is 443 g/mol. The Kier molecular flexibility index (Phi) is 5.24. The Labute approximate surface area is 191 Å². The molecule has 2 aromatic carbocycles. The lowest BCUT2D eigenvalue weighted by Crippen LogP contribution is -2.34. The third kappa shape index (κ3) is 3.69. The van der Waals surface area contributed by atoms with Gasteiger partial charge in [0.2, 0.25) is 0 Å². The molecular weight excluding hydrogens is 418 g/mol. The van der Waals surface area contributed by atoms with Gasteiger partial charge in [0.05, 0.1) is 5.56 Å². The highest BCUT2D eigenvalue weighted by Crippen LogP contribution is 2.36. The fraction of sp³-hybridized carbons (Fsp3) is 0.269. The van der Waals surface area contributed by atoms with Crippen LogP contribution in [-0.2, 0) is 0 Å². The second-order valence-corrected chi connectivity index (χ2v) is 8.47. The van der Waals surface area contributed by atoms with Crippen LogP contribution in [0.3, 0.4) is 0 Å². The SMILES string of the molecule is Cc1c2nc3ccccc3oc-2c(-c2ccc(N3CCCN(C(=O)O)CC3)cc2)c(=O)c1C. The van der Waals surface area contributed by atoms with Crippen molar-refractivity contribution in [3.05, 3.63) is 69.9 Å². The molecule has 3 aliphatic rings. The fourth-order valence-electron chi connectivity index (χ4n) is 4.50. The zero-order valence-corrected chi connectivity index (χ0v) is 18.7. The Morgan fingerprint density at radius 1 is 0.970 bits per heavy atom. The molecule has 0 saturated carbocycles. The maximum Gasteiger partial charge on any atom is 0.407 e. The van der Waals surface area contributed by atoms with Gasteiger partial charge in [-0.05, 0) is 55.7 Å². The van der Waals surface area contributed by atoms with E-state index in [0.29, 0.717) is 47.8 Å². The highest BCUT2D eigenvalue weighted by molar-refractivity contribution is 5.86. The van der Waals surface area contributed by atoms with Gasteiger partial charge in [-0.1, -0.05) is 24.3 Å². The average molecular weight is 444 g/mol. The minimum Gasteiger partial charge on any atom is -0.465 e. The highest BCUT2D eigenvalue weighted by atomic mass is 16.4. The molecule has 33 heavy (non-hydrogen) atoms. The summed E-state index contributed by atoms with van der Waals surface area (Å²) in [7, 11) is 0. The largest absolute Gasteiger partial charge is 0.465 e. The van der Waals surface area contributed by atoms with Crippen LogP contribution in [0.15, 0.2) is 57.7 Å². The van der Waals surface area contributed by atoms with Crippen molar-refractivity contribution in [1.29, 1.82) is 0 Å². The number of anilines is 1. The molecule has 2 aliphatic heterocycles. The number of fused-ring (bicyclic) bond motifs is 2. The summed E-state index contributed by atoms with van der Waals surface area (Å²) < 4.78 is 6.21. The third-order valence-corrected chi connectivity index (χ3v) is 6.52. The first kappa shape index (κ1) is 21.0. The van der Waals surface area contributed by atoms with E-state index in [2.05, 4.69) is 4.90 Å². The first-order chi connectivity index (χ1) is 15.9. The molecule has 1 amide bonds. The zero-order valence-electron chi connectivity index (χ0n) is 18.7. The molecule has 7 heteroatoms. The smallest absolute Gasteiger partial charge is 0.407 e. The van der Waals surface area contributed by atoms with E-state index < -0.39 is 6.09 Å². The number of hydrogen-bond donors (Lipinski definition) is 1. The van der Waals surface area contributed by atoms with Gasteiger partial charge in [-0.3, -0.25) is 4.79 Å². The maximum atomic E-state index is 13.3. The van der Waals surface area contributed by atoms with E-state index in [1.807, 2.05) is 62.4 Å². The first-order valence-electron chi connectivity index (χ1n) is 11.1. The van der Waals surface area contributed by atoms with Crippen LogP contribution >= 0.6 is 0 Å². The van der Waals surface area contributed by atoms with Crippen LogP contribution in [0.2, 0.25) is 0 Å². The molecule has 0 unspecified atom stereocenters. The molecule has 0 atom stereocenters. The van der Waals surface area contributed by atoms with Gasteiger partial charge in [0.25, 0.3) is 0 Å². The van der Waals surface area contributed by atoms with Crippen molar-refractivity contribution in [3.8, 4) is 22.6 Å². The van der Waals surface area contributed by atoms with Crippen molar-refractivity contribution in [2.45, 2.75) is 20.3 Å². The van der Waals surface area contributed by atoms with Crippen molar-refractivity contribution in [2.75, 3.05) is 31.1 Å². The van der Waals surface area contributed by atoms with Crippen molar-refractivity contribution in [2.24, 2.45) is 0 Å². The van der Waals surface area contributed by atoms with Gasteiger partial charge >= 0.3 is 6.09 Å². The van der Waals surface area contributed by atoms with E-state index in [9.17, 15) is 14.7 Å². The van der Waals surface area contributed by atoms with Crippen molar-refractivity contribution in [3.63, 3.8) is 0 Å². The quantitative estimate of drug-likeness (QED) is 0.449. The number of aromatic nitrogens is 1. The van der Waals surface area contributed by atoms with Gasteiger partial charge < -0.3 is 19.3 Å². The number of benzene rings is 3. The number of hydrogen-bond acceptors (Lipinski definition) is 5. The minimum atomic E-state index is -0.873. The van der Waals surface area contributed by atoms with Crippen LogP contribution in [0.25, 0.3) is 33.7 Å². The summed E-state index contributed by atoms with van der Waals surface area (Å²) in [6.45, 7) is 6.17. The topological polar surface area (TPSA) is 86.9 Å². The average Bonchev–Trinajstić information content (AvgIpc) is 3.09. The van der Waals surface area contributed by atoms with Crippen molar-refractivity contribution < 1.29 is 14.3 Å². The second-order valence-electron chi connectivity index (χ2n) is 8.47. The Bertz CT molecular complexity index is 1380. The summed E-state index contributed by atoms with van der Waals surface area (Å²) in [6.07, 6.45) is -0.0975. The molecule has 0 bridgehead atoms. The molecule has 1 saturated heterocycles. The lowest BCUT2D eigenvalue weighted by Gasteiger charge is -2.23. The summed E-state index contributed by atoms with van der Waals surface area (Å²) in [6, 6.07) is 15.4. The summed E-state index contributed by atoms with van der Waals surface area (Å²) in [5, 5.41) is 9.27. The number of carboxylic acid groups (broad SMARTS) is 1. The van der Waals surface area contributed by atoms with Crippen molar-refractivity contribution >= 4 is 22.9 Å². The molecular formula is C26H25N3O4. The fourth-order valence-corrected chi connectivity index (χ4v) is 4.50. The molecule has 0 spiro atoms. The molecule has 1 N–H and O–H groups in total. The summed E-state index contributed by atoms with van der Waals surface area (Å²) in [4.78, 5) is 33.0. The summed E-state index contributed by atoms with van der Waals surface area (Å²) >= 11 is 0. The molecule has 2 heterocycles. The Hall–Kier alpha value is -3.87. The van der Waals surface area contributed by atoms with Crippen LogP contribution in [0, 0.1) is 13.8 Å². The van der Waals surface area contributed by atoms with E-state index in [4.69, 9.17) is 9.40 Å². The van der Waals surface area contributed by atoms with E-state index in [1.165, 1.54) is 4.90 Å². The van der Waals surface area contributed by atoms with Crippen LogP contribution < -0.4 is 10.3 Å². The van der Waals surface area contributed by atoms with Gasteiger partial charge in [-0.15, -0.1) is 0 Å². The Balaban J connectivity index is 1.56. The van der Waals surface area contributed by atoms with Gasteiger partial charge in [-0.2, -0.15) is 0 Å². The Morgan fingerprint density at radius 3 is 2.48 bits per heavy atom. The molecule has 0 aromatic heterocycles. The predicted octanol–water partition coefficient (Wildman–Crippen LogP) is 4.77. The number of nitrogens with zero attached hydrogens (tertiary/aromatic N) is 3. The van der Waals surface area contributed by atoms with E-state index in [1.54, 1.807) is 0 Å². The number of amides is 1. The molecule has 0 radical (unpaired) electrons. The van der Waals surface area contributed by atoms with E-state index >= 15 is 0 Å². The van der Waals surface area contributed by atoms with Gasteiger partial charge in [0.15, 0.2) is 16.8 Å². The normalized spacial score (nSPS) is 14.6. The standard InChI is InChI=1S/C26H25N3O4/c1-16-17(2)24(30)22(25-23(16)27-20-6-3-4-7-21(20)33-25)18-8-10-19(11-9-18)28-12-5-13-29(15-14-28)26(31)32/h3-4,6-11H,5,12-15H2,1-2H3,(H,31,32). The van der Waals surface area contributed by atoms with Crippen LogP contribution in [0.5, 0.6) is 0 Å². The van der Waals surface area contributed by atoms with E-state index in [-0.39, 0.29) is 5.43 Å². The summed E-state index contributed by atoms with van der Waals surface area (Å²) in [5.41, 5.74) is 5.84. The van der Waals surface area contributed by atoms with Crippen LogP contribution in [-0.4, -0.2) is 47.3 Å². The van der Waals surface area contributed by atoms with E-state index in [0.717, 1.165) is 35.3 Å². The lowest BCUT2D eigenvalue weighted by atomic mass is 9.93. The number of carbonyl (C=O) groups is 1. The predicted molar refractivity (Wildman–Crippen MR) is 128 cm³/mol. The van der Waals surface area contributed by atoms with Gasteiger partial charge in [0.1, 0.15) is 11.2 Å². The second kappa shape index (κ2) is 8.24.